The van der Waals surface area contributed by atoms with E-state index < -0.39 is 0 Å². The van der Waals surface area contributed by atoms with Crippen molar-refractivity contribution in [2.75, 3.05) is 6.54 Å². The first kappa shape index (κ1) is 12.9. The minimum Gasteiger partial charge on any atom is -0.393 e. The number of aliphatic hydroxyl groups excluding tert-OH is 2. The predicted molar refractivity (Wildman–Crippen MR) is 71.3 cm³/mol. The van der Waals surface area contributed by atoms with Crippen LogP contribution < -0.4 is 0 Å². The van der Waals surface area contributed by atoms with E-state index in [1.165, 1.54) is 12.8 Å². The van der Waals surface area contributed by atoms with E-state index >= 15 is 0 Å². The highest BCUT2D eigenvalue weighted by atomic mass is 16.3. The molecule has 1 aliphatic carbocycles. The summed E-state index contributed by atoms with van der Waals surface area (Å²) in [4.78, 5) is 2.60. The quantitative estimate of drug-likeness (QED) is 0.788. The van der Waals surface area contributed by atoms with Crippen LogP contribution in [0.15, 0.2) is 0 Å². The summed E-state index contributed by atoms with van der Waals surface area (Å²) in [6.45, 7) is 5.42. The van der Waals surface area contributed by atoms with E-state index in [9.17, 15) is 10.2 Å². The highest BCUT2D eigenvalue weighted by Crippen LogP contribution is 2.44. The van der Waals surface area contributed by atoms with Crippen LogP contribution >= 0.6 is 0 Å². The van der Waals surface area contributed by atoms with Gasteiger partial charge in [0.15, 0.2) is 0 Å². The number of hydrogen-bond acceptors (Lipinski definition) is 3. The van der Waals surface area contributed by atoms with Gasteiger partial charge in [-0.1, -0.05) is 13.8 Å². The molecule has 4 atom stereocenters. The number of hydrogen-bond donors (Lipinski definition) is 2. The van der Waals surface area contributed by atoms with Crippen molar-refractivity contribution in [3.8, 4) is 0 Å². The van der Waals surface area contributed by atoms with Crippen LogP contribution in [0.3, 0.4) is 0 Å². The van der Waals surface area contributed by atoms with Crippen molar-refractivity contribution >= 4 is 0 Å². The summed E-state index contributed by atoms with van der Waals surface area (Å²) < 4.78 is 0. The minimum atomic E-state index is -0.149. The van der Waals surface area contributed by atoms with Gasteiger partial charge >= 0.3 is 0 Å². The Balaban J connectivity index is 1.64. The van der Waals surface area contributed by atoms with Crippen LogP contribution in [0.5, 0.6) is 0 Å². The maximum Gasteiger partial charge on any atom is 0.0631 e. The molecule has 2 heterocycles. The SMILES string of the molecule is CC1(C)CCC(CN2C3CCC2CC(O)C3)C1O. The summed E-state index contributed by atoms with van der Waals surface area (Å²) >= 11 is 0. The number of rotatable bonds is 2. The monoisotopic (exact) mass is 253 g/mol. The third kappa shape index (κ3) is 2.10. The fourth-order valence-electron chi connectivity index (χ4n) is 4.51. The lowest BCUT2D eigenvalue weighted by atomic mass is 9.87. The molecule has 3 fully saturated rings. The molecule has 18 heavy (non-hydrogen) atoms. The molecule has 0 amide bonds. The van der Waals surface area contributed by atoms with Crippen LogP contribution in [0.1, 0.15) is 52.4 Å². The lowest BCUT2D eigenvalue weighted by Gasteiger charge is -2.39. The smallest absolute Gasteiger partial charge is 0.0631 e. The fourth-order valence-corrected chi connectivity index (χ4v) is 4.51. The molecule has 3 rings (SSSR count). The molecular formula is C15H27NO2. The Labute approximate surface area is 110 Å². The van der Waals surface area contributed by atoms with Gasteiger partial charge in [-0.15, -0.1) is 0 Å². The Kier molecular flexibility index (Phi) is 3.20. The predicted octanol–water partition coefficient (Wildman–Crippen LogP) is 1.77. The van der Waals surface area contributed by atoms with Gasteiger partial charge < -0.3 is 10.2 Å². The van der Waals surface area contributed by atoms with Gasteiger partial charge in [0.1, 0.15) is 0 Å². The number of nitrogens with zero attached hydrogens (tertiary/aromatic N) is 1. The molecule has 2 saturated heterocycles. The van der Waals surface area contributed by atoms with Gasteiger partial charge in [-0.3, -0.25) is 4.90 Å². The molecule has 3 aliphatic rings. The molecule has 0 aromatic carbocycles. The second-order valence-corrected chi connectivity index (χ2v) is 7.44. The molecule has 1 saturated carbocycles. The molecule has 3 nitrogen and oxygen atoms in total. The minimum absolute atomic E-state index is 0.0799. The van der Waals surface area contributed by atoms with Gasteiger partial charge in [-0.2, -0.15) is 0 Å². The van der Waals surface area contributed by atoms with Crippen LogP contribution in [0.25, 0.3) is 0 Å². The topological polar surface area (TPSA) is 43.7 Å². The highest BCUT2D eigenvalue weighted by molar-refractivity contribution is 4.99. The van der Waals surface area contributed by atoms with Crippen molar-refractivity contribution in [1.29, 1.82) is 0 Å². The van der Waals surface area contributed by atoms with Crippen LogP contribution in [0, 0.1) is 11.3 Å². The maximum atomic E-state index is 10.4. The first-order chi connectivity index (χ1) is 8.47. The van der Waals surface area contributed by atoms with Crippen molar-refractivity contribution in [2.24, 2.45) is 11.3 Å². The third-order valence-electron chi connectivity index (χ3n) is 5.71. The highest BCUT2D eigenvalue weighted by Gasteiger charge is 2.45. The lowest BCUT2D eigenvalue weighted by Crippen LogP contribution is -2.48. The Morgan fingerprint density at radius 3 is 2.17 bits per heavy atom. The van der Waals surface area contributed by atoms with E-state index in [-0.39, 0.29) is 17.6 Å². The van der Waals surface area contributed by atoms with Gasteiger partial charge in [0.2, 0.25) is 0 Å². The molecule has 4 unspecified atom stereocenters. The summed E-state index contributed by atoms with van der Waals surface area (Å²) in [5.41, 5.74) is 0.0962. The van der Waals surface area contributed by atoms with E-state index in [4.69, 9.17) is 0 Å². The van der Waals surface area contributed by atoms with E-state index in [0.29, 0.717) is 18.0 Å². The molecule has 0 spiro atoms. The van der Waals surface area contributed by atoms with Crippen molar-refractivity contribution in [2.45, 2.75) is 76.7 Å². The van der Waals surface area contributed by atoms with Gasteiger partial charge in [0, 0.05) is 18.6 Å². The zero-order valence-electron chi connectivity index (χ0n) is 11.7. The fraction of sp³-hybridized carbons (Fsp3) is 1.00. The van der Waals surface area contributed by atoms with Crippen LogP contribution in [0.2, 0.25) is 0 Å². The second-order valence-electron chi connectivity index (χ2n) is 7.44. The molecule has 2 N–H and O–H groups in total. The number of piperidine rings is 1. The molecule has 0 aromatic rings. The average molecular weight is 253 g/mol. The molecule has 2 aliphatic heterocycles. The van der Waals surface area contributed by atoms with Crippen molar-refractivity contribution in [1.82, 2.24) is 4.90 Å². The standard InChI is InChI=1S/C15H27NO2/c1-15(2)6-5-10(14(15)18)9-16-11-3-4-12(16)8-13(17)7-11/h10-14,17-18H,3-9H2,1-2H3. The second kappa shape index (κ2) is 4.46. The van der Waals surface area contributed by atoms with Crippen LogP contribution in [-0.4, -0.2) is 45.9 Å². The molecule has 0 radical (unpaired) electrons. The van der Waals surface area contributed by atoms with E-state index in [2.05, 4.69) is 18.7 Å². The van der Waals surface area contributed by atoms with Crippen molar-refractivity contribution < 1.29 is 10.2 Å². The van der Waals surface area contributed by atoms with E-state index in [1.54, 1.807) is 0 Å². The maximum absolute atomic E-state index is 10.4. The molecule has 104 valence electrons. The summed E-state index contributed by atoms with van der Waals surface area (Å²) in [7, 11) is 0. The summed E-state index contributed by atoms with van der Waals surface area (Å²) in [5, 5.41) is 20.2. The Morgan fingerprint density at radius 2 is 1.67 bits per heavy atom. The zero-order chi connectivity index (χ0) is 12.9. The molecule has 2 bridgehead atoms. The van der Waals surface area contributed by atoms with Gasteiger partial charge in [0.25, 0.3) is 0 Å². The van der Waals surface area contributed by atoms with Crippen molar-refractivity contribution in [3.05, 3.63) is 0 Å². The summed E-state index contributed by atoms with van der Waals surface area (Å²) in [6, 6.07) is 1.16. The normalized spacial score (nSPS) is 47.7. The van der Waals surface area contributed by atoms with Crippen LogP contribution in [-0.2, 0) is 0 Å². The first-order valence-electron chi connectivity index (χ1n) is 7.59. The molecule has 3 heteroatoms. The summed E-state index contributed by atoms with van der Waals surface area (Å²) in [6.07, 6.45) is 6.46. The van der Waals surface area contributed by atoms with E-state index in [1.807, 2.05) is 0 Å². The van der Waals surface area contributed by atoms with Crippen molar-refractivity contribution in [3.63, 3.8) is 0 Å². The third-order valence-corrected chi connectivity index (χ3v) is 5.71. The zero-order valence-corrected chi connectivity index (χ0v) is 11.7. The average Bonchev–Trinajstić information content (AvgIpc) is 2.68. The molecular weight excluding hydrogens is 226 g/mol. The first-order valence-corrected chi connectivity index (χ1v) is 7.59. The summed E-state index contributed by atoms with van der Waals surface area (Å²) in [5.74, 6) is 0.443. The Morgan fingerprint density at radius 1 is 1.06 bits per heavy atom. The van der Waals surface area contributed by atoms with Gasteiger partial charge in [0.05, 0.1) is 12.2 Å². The Hall–Kier alpha value is -0.120. The van der Waals surface area contributed by atoms with Gasteiger partial charge in [-0.05, 0) is 49.9 Å². The Bertz CT molecular complexity index is 304. The van der Waals surface area contributed by atoms with Crippen LogP contribution in [0.4, 0.5) is 0 Å². The van der Waals surface area contributed by atoms with E-state index in [0.717, 1.165) is 32.2 Å². The lowest BCUT2D eigenvalue weighted by molar-refractivity contribution is -0.00441. The largest absolute Gasteiger partial charge is 0.393 e. The number of aliphatic hydroxyl groups is 2. The molecule has 0 aromatic heterocycles. The number of fused-ring (bicyclic) bond motifs is 2. The van der Waals surface area contributed by atoms with Gasteiger partial charge in [-0.25, -0.2) is 0 Å².